The van der Waals surface area contributed by atoms with Gasteiger partial charge in [-0.2, -0.15) is 0 Å². The molecule has 4 aromatic rings. The van der Waals surface area contributed by atoms with E-state index in [1.165, 1.54) is 16.2 Å². The van der Waals surface area contributed by atoms with Gasteiger partial charge in [-0.15, -0.1) is 11.3 Å². The van der Waals surface area contributed by atoms with Crippen LogP contribution < -0.4 is 9.64 Å². The second-order valence-corrected chi connectivity index (χ2v) is 11.6. The lowest BCUT2D eigenvalue weighted by Crippen LogP contribution is -2.57. The van der Waals surface area contributed by atoms with Crippen molar-refractivity contribution >= 4 is 28.9 Å². The highest BCUT2D eigenvalue weighted by Gasteiger charge is 2.53. The van der Waals surface area contributed by atoms with Gasteiger partial charge in [0.05, 0.1) is 7.11 Å². The van der Waals surface area contributed by atoms with Crippen molar-refractivity contribution in [1.29, 1.82) is 0 Å². The summed E-state index contributed by atoms with van der Waals surface area (Å²) in [6.07, 6.45) is 2.11. The van der Waals surface area contributed by atoms with Gasteiger partial charge in [-0.3, -0.25) is 9.69 Å². The zero-order valence-electron chi connectivity index (χ0n) is 21.9. The number of ether oxygens (including phenoxy) is 1. The molecule has 6 nitrogen and oxygen atoms in total. The van der Waals surface area contributed by atoms with E-state index in [9.17, 15) is 14.7 Å². The number of rotatable bonds is 6. The van der Waals surface area contributed by atoms with Crippen LogP contribution >= 0.6 is 11.3 Å². The van der Waals surface area contributed by atoms with Gasteiger partial charge in [0.15, 0.2) is 5.54 Å². The van der Waals surface area contributed by atoms with Crippen molar-refractivity contribution in [2.75, 3.05) is 12.0 Å². The van der Waals surface area contributed by atoms with Gasteiger partial charge in [0, 0.05) is 41.2 Å². The molecular formula is C31H30N2O4S. The third-order valence-corrected chi connectivity index (χ3v) is 7.93. The number of nitrogens with zero attached hydrogens (tertiary/aromatic N) is 2. The fourth-order valence-corrected chi connectivity index (χ4v) is 5.90. The number of methoxy groups -OCH3 is 1. The fourth-order valence-electron chi connectivity index (χ4n) is 5.27. The molecule has 0 fully saturated rings. The number of aromatic nitrogens is 1. The number of amides is 1. The van der Waals surface area contributed by atoms with Crippen molar-refractivity contribution in [3.63, 3.8) is 0 Å². The van der Waals surface area contributed by atoms with E-state index in [2.05, 4.69) is 25.8 Å². The molecule has 5 rings (SSSR count). The molecule has 1 aliphatic rings. The highest BCUT2D eigenvalue weighted by Crippen LogP contribution is 2.44. The summed E-state index contributed by atoms with van der Waals surface area (Å²) in [5, 5.41) is 13.5. The van der Waals surface area contributed by atoms with E-state index in [1.807, 2.05) is 60.0 Å². The zero-order valence-corrected chi connectivity index (χ0v) is 22.7. The van der Waals surface area contributed by atoms with Crippen LogP contribution in [0.3, 0.4) is 0 Å². The normalized spacial score (nSPS) is 16.8. The molecule has 0 saturated heterocycles. The quantitative estimate of drug-likeness (QED) is 0.315. The first-order chi connectivity index (χ1) is 18.1. The number of thiazole rings is 1. The van der Waals surface area contributed by atoms with Crippen molar-refractivity contribution in [2.24, 2.45) is 0 Å². The topological polar surface area (TPSA) is 79.7 Å². The molecule has 3 aromatic carbocycles. The van der Waals surface area contributed by atoms with E-state index in [0.29, 0.717) is 17.0 Å². The molecule has 7 heteroatoms. The largest absolute Gasteiger partial charge is 0.496 e. The van der Waals surface area contributed by atoms with Crippen molar-refractivity contribution in [1.82, 2.24) is 4.98 Å². The second-order valence-electron chi connectivity index (χ2n) is 10.7. The maximum atomic E-state index is 14.3. The Balaban J connectivity index is 1.66. The maximum Gasteiger partial charge on any atom is 0.330 e. The standard InChI is InChI=1S/C31H30N2O4S/c1-30(2,3)24-12-10-22(17-26(24)37-4)28(34)33-25-13-11-21(27-32-14-15-38-27)16-23(25)19-31(33,29(35)36)18-20-8-6-5-7-9-20/h5-17H,18-19H2,1-4H3,(H,35,36). The number of hydrogen-bond donors (Lipinski definition) is 1. The Hall–Kier alpha value is -3.97. The molecule has 2 heterocycles. The van der Waals surface area contributed by atoms with Crippen LogP contribution in [-0.2, 0) is 23.1 Å². The smallest absolute Gasteiger partial charge is 0.330 e. The van der Waals surface area contributed by atoms with Crippen LogP contribution in [0.4, 0.5) is 5.69 Å². The van der Waals surface area contributed by atoms with E-state index in [4.69, 9.17) is 4.74 Å². The van der Waals surface area contributed by atoms with Crippen LogP contribution in [0.2, 0.25) is 0 Å². The Morgan fingerprint density at radius 1 is 1.08 bits per heavy atom. The highest BCUT2D eigenvalue weighted by molar-refractivity contribution is 7.13. The number of carboxylic acids is 1. The molecular weight excluding hydrogens is 496 g/mol. The average Bonchev–Trinajstić information content (AvgIpc) is 3.54. The molecule has 1 aliphatic heterocycles. The van der Waals surface area contributed by atoms with Crippen LogP contribution in [0.5, 0.6) is 5.75 Å². The minimum atomic E-state index is -1.49. The van der Waals surface area contributed by atoms with Gasteiger partial charge in [0.1, 0.15) is 10.8 Å². The molecule has 1 unspecified atom stereocenters. The van der Waals surface area contributed by atoms with Crippen LogP contribution in [0.1, 0.15) is 47.8 Å². The number of fused-ring (bicyclic) bond motifs is 1. The summed E-state index contributed by atoms with van der Waals surface area (Å²) in [6, 6.07) is 20.6. The third-order valence-electron chi connectivity index (χ3n) is 7.11. The minimum Gasteiger partial charge on any atom is -0.496 e. The molecule has 1 N–H and O–H groups in total. The summed E-state index contributed by atoms with van der Waals surface area (Å²) >= 11 is 1.52. The van der Waals surface area contributed by atoms with Crippen LogP contribution in [-0.4, -0.2) is 34.6 Å². The number of anilines is 1. The molecule has 1 aromatic heterocycles. The van der Waals surface area contributed by atoms with Gasteiger partial charge in [-0.05, 0) is 52.4 Å². The number of carbonyl (C=O) groups excluding carboxylic acids is 1. The van der Waals surface area contributed by atoms with Gasteiger partial charge in [-0.25, -0.2) is 9.78 Å². The van der Waals surface area contributed by atoms with Crippen molar-refractivity contribution in [2.45, 2.75) is 44.6 Å². The van der Waals surface area contributed by atoms with E-state index in [-0.39, 0.29) is 24.2 Å². The lowest BCUT2D eigenvalue weighted by molar-refractivity contribution is -0.143. The molecule has 0 bridgehead atoms. The highest BCUT2D eigenvalue weighted by atomic mass is 32.1. The molecule has 0 spiro atoms. The summed E-state index contributed by atoms with van der Waals surface area (Å²) < 4.78 is 5.65. The van der Waals surface area contributed by atoms with E-state index in [0.717, 1.165) is 27.3 Å². The summed E-state index contributed by atoms with van der Waals surface area (Å²) in [4.78, 5) is 33.3. The van der Waals surface area contributed by atoms with Crippen molar-refractivity contribution in [3.8, 4) is 16.3 Å². The molecule has 0 radical (unpaired) electrons. The van der Waals surface area contributed by atoms with E-state index in [1.54, 1.807) is 25.4 Å². The first-order valence-electron chi connectivity index (χ1n) is 12.5. The third kappa shape index (κ3) is 4.47. The Labute approximate surface area is 226 Å². The summed E-state index contributed by atoms with van der Waals surface area (Å²) in [5.41, 5.74) is 2.85. The zero-order chi connectivity index (χ0) is 27.1. The number of carbonyl (C=O) groups is 2. The summed E-state index contributed by atoms with van der Waals surface area (Å²) in [6.45, 7) is 6.25. The van der Waals surface area contributed by atoms with Crippen LogP contribution in [0.15, 0.2) is 78.3 Å². The van der Waals surface area contributed by atoms with Crippen molar-refractivity contribution in [3.05, 3.63) is 101 Å². The van der Waals surface area contributed by atoms with Gasteiger partial charge in [0.25, 0.3) is 5.91 Å². The van der Waals surface area contributed by atoms with Crippen LogP contribution in [0, 0.1) is 0 Å². The molecule has 0 aliphatic carbocycles. The summed E-state index contributed by atoms with van der Waals surface area (Å²) in [5.74, 6) is -0.811. The SMILES string of the molecule is COc1cc(C(=O)N2c3ccc(-c4nccs4)cc3CC2(Cc2ccccc2)C(=O)O)ccc1C(C)(C)C. The Bertz CT molecular complexity index is 1490. The molecule has 194 valence electrons. The van der Waals surface area contributed by atoms with E-state index >= 15 is 0 Å². The average molecular weight is 527 g/mol. The Morgan fingerprint density at radius 2 is 1.84 bits per heavy atom. The summed E-state index contributed by atoms with van der Waals surface area (Å²) in [7, 11) is 1.58. The number of benzene rings is 3. The molecule has 1 atom stereocenters. The fraction of sp³-hybridized carbons (Fsp3) is 0.258. The monoisotopic (exact) mass is 526 g/mol. The Kier molecular flexibility index (Phi) is 6.57. The van der Waals surface area contributed by atoms with Gasteiger partial charge in [0.2, 0.25) is 0 Å². The minimum absolute atomic E-state index is 0.174. The molecule has 38 heavy (non-hydrogen) atoms. The van der Waals surface area contributed by atoms with E-state index < -0.39 is 11.5 Å². The van der Waals surface area contributed by atoms with Gasteiger partial charge in [-0.1, -0.05) is 57.2 Å². The first kappa shape index (κ1) is 25.7. The number of carboxylic acid groups (broad SMARTS) is 1. The Morgan fingerprint density at radius 3 is 2.47 bits per heavy atom. The predicted octanol–water partition coefficient (Wildman–Crippen LogP) is 6.39. The number of aliphatic carboxylic acids is 1. The van der Waals surface area contributed by atoms with Gasteiger partial charge >= 0.3 is 5.97 Å². The maximum absolute atomic E-state index is 14.3. The predicted molar refractivity (Wildman–Crippen MR) is 150 cm³/mol. The first-order valence-corrected chi connectivity index (χ1v) is 13.4. The van der Waals surface area contributed by atoms with Gasteiger partial charge < -0.3 is 9.84 Å². The number of hydrogen-bond acceptors (Lipinski definition) is 5. The van der Waals surface area contributed by atoms with Crippen molar-refractivity contribution < 1.29 is 19.4 Å². The lowest BCUT2D eigenvalue weighted by Gasteiger charge is -2.35. The second kappa shape index (κ2) is 9.72. The lowest BCUT2D eigenvalue weighted by atomic mass is 9.85. The van der Waals surface area contributed by atoms with Crippen LogP contribution in [0.25, 0.3) is 10.6 Å². The molecule has 1 amide bonds. The molecule has 0 saturated carbocycles.